The maximum atomic E-state index is 7.15. The lowest BCUT2D eigenvalue weighted by atomic mass is 10.3. The third kappa shape index (κ3) is 9.58. The molecule has 0 amide bonds. The largest absolute Gasteiger partial charge is 0.370 e. The molecular formula is C10H24ClN5. The van der Waals surface area contributed by atoms with Crippen molar-refractivity contribution >= 4 is 24.3 Å². The molecule has 1 atom stereocenters. The number of hydrogen-bond acceptors (Lipinski definition) is 2. The van der Waals surface area contributed by atoms with Crippen molar-refractivity contribution in [2.75, 3.05) is 6.54 Å². The molecule has 6 heteroatoms. The fourth-order valence-corrected chi connectivity index (χ4v) is 0.945. The van der Waals surface area contributed by atoms with Crippen molar-refractivity contribution < 1.29 is 0 Å². The summed E-state index contributed by atoms with van der Waals surface area (Å²) in [5.74, 6) is 0.520. The first-order valence-corrected chi connectivity index (χ1v) is 5.52. The highest BCUT2D eigenvalue weighted by atomic mass is 35.5. The van der Waals surface area contributed by atoms with Gasteiger partial charge in [-0.15, -0.1) is 12.4 Å². The fraction of sp³-hybridized carbons (Fsp3) is 0.800. The van der Waals surface area contributed by atoms with Crippen molar-refractivity contribution in [3.05, 3.63) is 0 Å². The van der Waals surface area contributed by atoms with Crippen LogP contribution in [0.4, 0.5) is 0 Å². The minimum Gasteiger partial charge on any atom is -0.370 e. The van der Waals surface area contributed by atoms with E-state index in [0.717, 1.165) is 25.8 Å². The molecule has 0 rings (SSSR count). The second-order valence-electron chi connectivity index (χ2n) is 3.55. The predicted octanol–water partition coefficient (Wildman–Crippen LogP) is 1.44. The third-order valence-corrected chi connectivity index (χ3v) is 2.02. The highest BCUT2D eigenvalue weighted by molar-refractivity contribution is 5.96. The minimum atomic E-state index is -0.0824. The zero-order valence-electron chi connectivity index (χ0n) is 10.3. The number of halogens is 1. The summed E-state index contributed by atoms with van der Waals surface area (Å²) in [5, 5.41) is 13.0. The summed E-state index contributed by atoms with van der Waals surface area (Å²) in [6, 6.07) is 0.237. The molecule has 0 heterocycles. The van der Waals surface area contributed by atoms with Gasteiger partial charge in [0, 0.05) is 6.54 Å². The Kier molecular flexibility index (Phi) is 11.5. The van der Waals surface area contributed by atoms with Gasteiger partial charge in [0.1, 0.15) is 0 Å². The monoisotopic (exact) mass is 249 g/mol. The Bertz CT molecular complexity index is 217. The SMILES string of the molecule is CCCCNC(=NC(C)CC)NC(=N)N.Cl. The van der Waals surface area contributed by atoms with E-state index in [0.29, 0.717) is 5.96 Å². The fourth-order valence-electron chi connectivity index (χ4n) is 0.945. The molecular weight excluding hydrogens is 226 g/mol. The molecule has 0 saturated carbocycles. The number of nitrogens with one attached hydrogen (secondary N) is 3. The number of guanidine groups is 2. The second kappa shape index (κ2) is 10.5. The third-order valence-electron chi connectivity index (χ3n) is 2.02. The first kappa shape index (κ1) is 17.4. The molecule has 96 valence electrons. The van der Waals surface area contributed by atoms with Crippen molar-refractivity contribution in [1.29, 1.82) is 5.41 Å². The van der Waals surface area contributed by atoms with Gasteiger partial charge in [-0.05, 0) is 19.8 Å². The number of aliphatic imine (C=N–C) groups is 1. The standard InChI is InChI=1S/C10H23N5.ClH/c1-4-6-7-13-10(15-9(11)12)14-8(3)5-2;/h8H,4-7H2,1-3H3,(H5,11,12,13,14,15);1H. The maximum Gasteiger partial charge on any atom is 0.198 e. The van der Waals surface area contributed by atoms with Crippen LogP contribution in [0.5, 0.6) is 0 Å². The second-order valence-corrected chi connectivity index (χ2v) is 3.55. The Balaban J connectivity index is 0. The summed E-state index contributed by atoms with van der Waals surface area (Å²) in [6.45, 7) is 7.09. The Labute approximate surface area is 104 Å². The van der Waals surface area contributed by atoms with E-state index < -0.39 is 0 Å². The lowest BCUT2D eigenvalue weighted by Crippen LogP contribution is -2.44. The topological polar surface area (TPSA) is 86.3 Å². The lowest BCUT2D eigenvalue weighted by molar-refractivity contribution is 0.692. The Morgan fingerprint density at radius 1 is 1.44 bits per heavy atom. The molecule has 16 heavy (non-hydrogen) atoms. The lowest BCUT2D eigenvalue weighted by Gasteiger charge is -2.12. The quantitative estimate of drug-likeness (QED) is 0.338. The van der Waals surface area contributed by atoms with E-state index in [-0.39, 0.29) is 24.4 Å². The molecule has 0 bridgehead atoms. The number of rotatable bonds is 5. The van der Waals surface area contributed by atoms with E-state index in [4.69, 9.17) is 11.1 Å². The summed E-state index contributed by atoms with van der Waals surface area (Å²) in [4.78, 5) is 4.38. The molecule has 5 nitrogen and oxygen atoms in total. The highest BCUT2D eigenvalue weighted by Gasteiger charge is 2.01. The first-order chi connectivity index (χ1) is 7.10. The van der Waals surface area contributed by atoms with E-state index in [9.17, 15) is 0 Å². The average molecular weight is 250 g/mol. The van der Waals surface area contributed by atoms with Crippen LogP contribution in [0.15, 0.2) is 4.99 Å². The molecule has 5 N–H and O–H groups in total. The molecule has 0 radical (unpaired) electrons. The smallest absolute Gasteiger partial charge is 0.198 e. The number of nitrogens with zero attached hydrogens (tertiary/aromatic N) is 1. The van der Waals surface area contributed by atoms with Crippen LogP contribution < -0.4 is 16.4 Å². The molecule has 1 unspecified atom stereocenters. The Morgan fingerprint density at radius 2 is 2.06 bits per heavy atom. The van der Waals surface area contributed by atoms with Gasteiger partial charge in [-0.2, -0.15) is 0 Å². The zero-order chi connectivity index (χ0) is 11.7. The van der Waals surface area contributed by atoms with E-state index >= 15 is 0 Å². The van der Waals surface area contributed by atoms with Crippen molar-refractivity contribution in [2.45, 2.75) is 46.1 Å². The number of hydrogen-bond donors (Lipinski definition) is 4. The Morgan fingerprint density at radius 3 is 2.50 bits per heavy atom. The van der Waals surface area contributed by atoms with E-state index in [2.05, 4.69) is 29.5 Å². The van der Waals surface area contributed by atoms with Gasteiger partial charge in [-0.1, -0.05) is 20.3 Å². The molecule has 0 aliphatic heterocycles. The highest BCUT2D eigenvalue weighted by Crippen LogP contribution is 1.94. The predicted molar refractivity (Wildman–Crippen MR) is 72.4 cm³/mol. The summed E-state index contributed by atoms with van der Waals surface area (Å²) >= 11 is 0. The van der Waals surface area contributed by atoms with Crippen LogP contribution in [-0.2, 0) is 0 Å². The molecule has 0 aromatic rings. The summed E-state index contributed by atoms with van der Waals surface area (Å²) < 4.78 is 0. The number of unbranched alkanes of at least 4 members (excludes halogenated alkanes) is 1. The van der Waals surface area contributed by atoms with Crippen molar-refractivity contribution in [3.63, 3.8) is 0 Å². The van der Waals surface area contributed by atoms with Crippen molar-refractivity contribution in [3.8, 4) is 0 Å². The van der Waals surface area contributed by atoms with Crippen LogP contribution in [0, 0.1) is 5.41 Å². The average Bonchev–Trinajstić information content (AvgIpc) is 2.17. The molecule has 0 saturated heterocycles. The normalized spacial score (nSPS) is 12.6. The van der Waals surface area contributed by atoms with Gasteiger partial charge in [0.2, 0.25) is 0 Å². The van der Waals surface area contributed by atoms with Crippen LogP contribution in [0.1, 0.15) is 40.0 Å². The molecule has 0 aromatic carbocycles. The summed E-state index contributed by atoms with van der Waals surface area (Å²) in [5.41, 5.74) is 5.27. The minimum absolute atomic E-state index is 0. The zero-order valence-corrected chi connectivity index (χ0v) is 11.2. The Hall–Kier alpha value is -0.970. The summed E-state index contributed by atoms with van der Waals surface area (Å²) in [6.07, 6.45) is 3.18. The van der Waals surface area contributed by atoms with E-state index in [1.807, 2.05) is 6.92 Å². The molecule has 0 fully saturated rings. The van der Waals surface area contributed by atoms with E-state index in [1.165, 1.54) is 0 Å². The molecule has 0 spiro atoms. The van der Waals surface area contributed by atoms with Crippen LogP contribution in [0.3, 0.4) is 0 Å². The van der Waals surface area contributed by atoms with E-state index in [1.54, 1.807) is 0 Å². The van der Waals surface area contributed by atoms with Gasteiger partial charge in [-0.3, -0.25) is 10.7 Å². The maximum absolute atomic E-state index is 7.15. The van der Waals surface area contributed by atoms with Crippen LogP contribution in [0.25, 0.3) is 0 Å². The van der Waals surface area contributed by atoms with Crippen LogP contribution in [-0.4, -0.2) is 24.5 Å². The van der Waals surface area contributed by atoms with Gasteiger partial charge in [0.15, 0.2) is 11.9 Å². The molecule has 0 aliphatic rings. The first-order valence-electron chi connectivity index (χ1n) is 5.52. The van der Waals surface area contributed by atoms with Gasteiger partial charge in [-0.25, -0.2) is 4.99 Å². The van der Waals surface area contributed by atoms with Gasteiger partial charge in [0.05, 0.1) is 6.04 Å². The van der Waals surface area contributed by atoms with Gasteiger partial charge in [0.25, 0.3) is 0 Å². The van der Waals surface area contributed by atoms with Crippen molar-refractivity contribution in [2.24, 2.45) is 10.7 Å². The van der Waals surface area contributed by atoms with Crippen LogP contribution in [0.2, 0.25) is 0 Å². The van der Waals surface area contributed by atoms with Gasteiger partial charge >= 0.3 is 0 Å². The number of nitrogens with two attached hydrogens (primary N) is 1. The molecule has 0 aromatic heterocycles. The van der Waals surface area contributed by atoms with Gasteiger partial charge < -0.3 is 11.1 Å². The van der Waals surface area contributed by atoms with Crippen LogP contribution >= 0.6 is 12.4 Å². The molecule has 0 aliphatic carbocycles. The summed E-state index contributed by atoms with van der Waals surface area (Å²) in [7, 11) is 0. The van der Waals surface area contributed by atoms with Crippen molar-refractivity contribution in [1.82, 2.24) is 10.6 Å².